The predicted octanol–water partition coefficient (Wildman–Crippen LogP) is 8.66. The number of aromatic hydroxyl groups is 1. The molecule has 0 aliphatic carbocycles. The number of phenols is 1. The molecule has 0 aliphatic heterocycles. The van der Waals surface area contributed by atoms with Gasteiger partial charge in [0.1, 0.15) is 23.2 Å². The molecule has 0 saturated heterocycles. The summed E-state index contributed by atoms with van der Waals surface area (Å²) in [6, 6.07) is 16.1. The lowest BCUT2D eigenvalue weighted by atomic mass is 9.85. The second-order valence-corrected chi connectivity index (χ2v) is 11.6. The van der Waals surface area contributed by atoms with E-state index in [1.165, 1.54) is 30.3 Å². The van der Waals surface area contributed by atoms with Crippen LogP contribution in [0.4, 0.5) is 18.9 Å². The number of rotatable bonds is 0. The molecule has 2 nitrogen and oxygen atoms in total. The topological polar surface area (TPSA) is 46.2 Å². The van der Waals surface area contributed by atoms with Crippen molar-refractivity contribution >= 4 is 5.69 Å². The Morgan fingerprint density at radius 3 is 1.29 bits per heavy atom. The summed E-state index contributed by atoms with van der Waals surface area (Å²) in [7, 11) is 0. The summed E-state index contributed by atoms with van der Waals surface area (Å²) in [5.41, 5.74) is 7.29. The van der Waals surface area contributed by atoms with Gasteiger partial charge in [0.05, 0.1) is 0 Å². The highest BCUT2D eigenvalue weighted by molar-refractivity contribution is 5.50. The molecule has 0 spiro atoms. The summed E-state index contributed by atoms with van der Waals surface area (Å²) in [6.07, 6.45) is 0. The van der Waals surface area contributed by atoms with Crippen LogP contribution < -0.4 is 5.73 Å². The summed E-state index contributed by atoms with van der Waals surface area (Å²) in [6.45, 7) is 17.5. The van der Waals surface area contributed by atoms with Crippen LogP contribution in [0, 0.1) is 17.5 Å². The fraction of sp³-hybridized carbons (Fsp3) is 0.400. The van der Waals surface area contributed by atoms with Gasteiger partial charge in [0.15, 0.2) is 0 Å². The van der Waals surface area contributed by atoms with Gasteiger partial charge in [-0.05, 0) is 52.1 Å². The van der Waals surface area contributed by atoms with Gasteiger partial charge in [0.2, 0.25) is 0 Å². The van der Waals surface area contributed by atoms with Crippen LogP contribution in [0.5, 0.6) is 5.75 Å². The highest BCUT2D eigenvalue weighted by atomic mass is 19.1. The Morgan fingerprint density at radius 2 is 0.971 bits per heavy atom. The van der Waals surface area contributed by atoms with Gasteiger partial charge in [-0.3, -0.25) is 0 Å². The second kappa shape index (κ2) is 11.7. The normalized spacial score (nSPS) is 11.7. The smallest absolute Gasteiger partial charge is 0.130 e. The summed E-state index contributed by atoms with van der Waals surface area (Å²) >= 11 is 0. The fourth-order valence-corrected chi connectivity index (χ4v) is 3.66. The molecule has 0 heterocycles. The van der Waals surface area contributed by atoms with Crippen molar-refractivity contribution in [1.29, 1.82) is 0 Å². The molecule has 3 N–H and O–H groups in total. The van der Waals surface area contributed by atoms with Gasteiger partial charge in [-0.25, -0.2) is 13.2 Å². The number of hydrogen-bond acceptors (Lipinski definition) is 2. The molecule has 0 bridgehead atoms. The van der Waals surface area contributed by atoms with Crippen LogP contribution in [0.25, 0.3) is 0 Å². The third-order valence-electron chi connectivity index (χ3n) is 5.22. The maximum absolute atomic E-state index is 13.3. The van der Waals surface area contributed by atoms with E-state index in [1.807, 2.05) is 74.4 Å². The Balaban J connectivity index is 0.000000263. The number of halogens is 3. The minimum atomic E-state index is -0.352. The molecule has 0 aliphatic rings. The maximum Gasteiger partial charge on any atom is 0.130 e. The third-order valence-corrected chi connectivity index (χ3v) is 5.22. The van der Waals surface area contributed by atoms with Gasteiger partial charge in [-0.1, -0.05) is 92.6 Å². The molecule has 0 atom stereocenters. The van der Waals surface area contributed by atoms with Crippen molar-refractivity contribution in [2.24, 2.45) is 0 Å². The van der Waals surface area contributed by atoms with Crippen LogP contribution in [0.2, 0.25) is 0 Å². The largest absolute Gasteiger partial charge is 0.508 e. The maximum atomic E-state index is 13.3. The lowest BCUT2D eigenvalue weighted by Gasteiger charge is -2.21. The van der Waals surface area contributed by atoms with Gasteiger partial charge in [0.25, 0.3) is 0 Å². The van der Waals surface area contributed by atoms with Gasteiger partial charge in [0, 0.05) is 16.8 Å². The molecule has 3 aromatic carbocycles. The van der Waals surface area contributed by atoms with Crippen LogP contribution in [0.3, 0.4) is 0 Å². The highest BCUT2D eigenvalue weighted by Crippen LogP contribution is 2.32. The molecule has 0 radical (unpaired) electrons. The zero-order chi connectivity index (χ0) is 27.2. The van der Waals surface area contributed by atoms with Crippen LogP contribution in [0.1, 0.15) is 79.0 Å². The minimum Gasteiger partial charge on any atom is -0.508 e. The first-order valence-corrected chi connectivity index (χ1v) is 11.6. The zero-order valence-corrected chi connectivity index (χ0v) is 22.4. The molecule has 0 saturated carbocycles. The van der Waals surface area contributed by atoms with Crippen molar-refractivity contribution in [2.75, 3.05) is 5.73 Å². The van der Waals surface area contributed by atoms with E-state index in [1.54, 1.807) is 18.2 Å². The van der Waals surface area contributed by atoms with Crippen LogP contribution >= 0.6 is 0 Å². The van der Waals surface area contributed by atoms with Crippen molar-refractivity contribution in [3.63, 3.8) is 0 Å². The van der Waals surface area contributed by atoms with E-state index in [4.69, 9.17) is 5.73 Å². The molecule has 0 amide bonds. The molecule has 192 valence electrons. The average Bonchev–Trinajstić information content (AvgIpc) is 2.66. The fourth-order valence-electron chi connectivity index (χ4n) is 3.66. The average molecular weight is 488 g/mol. The van der Waals surface area contributed by atoms with Crippen molar-refractivity contribution in [1.82, 2.24) is 0 Å². The monoisotopic (exact) mass is 487 g/mol. The highest BCUT2D eigenvalue weighted by Gasteiger charge is 2.22. The van der Waals surface area contributed by atoms with E-state index < -0.39 is 0 Å². The van der Waals surface area contributed by atoms with Crippen LogP contribution in [-0.4, -0.2) is 5.11 Å². The molecular weight excluding hydrogens is 447 g/mol. The van der Waals surface area contributed by atoms with Gasteiger partial charge in [-0.2, -0.15) is 0 Å². The predicted molar refractivity (Wildman–Crippen MR) is 141 cm³/mol. The number of anilines is 1. The first kappa shape index (κ1) is 30.1. The Kier molecular flexibility index (Phi) is 10.0. The van der Waals surface area contributed by atoms with E-state index in [9.17, 15) is 18.3 Å². The molecule has 0 fully saturated rings. The molecule has 0 aromatic heterocycles. The molecular formula is C30H40F3NO. The van der Waals surface area contributed by atoms with Gasteiger partial charge in [-0.15, -0.1) is 0 Å². The van der Waals surface area contributed by atoms with Crippen molar-refractivity contribution < 1.29 is 18.3 Å². The van der Waals surface area contributed by atoms with Crippen molar-refractivity contribution in [2.45, 2.75) is 78.6 Å². The Hall–Kier alpha value is -2.95. The molecule has 0 unspecified atom stereocenters. The van der Waals surface area contributed by atoms with Crippen LogP contribution in [0.15, 0.2) is 60.7 Å². The molecule has 3 rings (SSSR count). The minimum absolute atomic E-state index is 0.0301. The standard InChI is InChI=1S/C10H14FN.C10H13FO.C10H13F/c2*1-10(2,3)9-7(11)5-4-6-8(9)12;1-10(2,3)8-6-4-5-7-9(8)11/h4-6H,12H2,1-3H3;4-6,12H,1-3H3;4-7H,1-3H3. The van der Waals surface area contributed by atoms with Gasteiger partial charge < -0.3 is 10.8 Å². The molecule has 3 aromatic rings. The Bertz CT molecular complexity index is 1000. The number of phenolic OH excluding ortho intramolecular Hbond substituents is 1. The summed E-state index contributed by atoms with van der Waals surface area (Å²) < 4.78 is 39.5. The number of hydrogen-bond donors (Lipinski definition) is 2. The molecule has 35 heavy (non-hydrogen) atoms. The second-order valence-electron chi connectivity index (χ2n) is 11.6. The molecule has 5 heteroatoms. The quantitative estimate of drug-likeness (QED) is 0.312. The van der Waals surface area contributed by atoms with E-state index in [2.05, 4.69) is 0 Å². The van der Waals surface area contributed by atoms with Crippen molar-refractivity contribution in [3.05, 3.63) is 94.8 Å². The summed E-state index contributed by atoms with van der Waals surface area (Å²) in [5.74, 6) is -0.646. The first-order chi connectivity index (χ1) is 15.9. The lowest BCUT2D eigenvalue weighted by molar-refractivity contribution is 0.429. The van der Waals surface area contributed by atoms with Crippen molar-refractivity contribution in [3.8, 4) is 5.75 Å². The Labute approximate surface area is 209 Å². The number of nitrogens with two attached hydrogens (primary N) is 1. The van der Waals surface area contributed by atoms with Crippen LogP contribution in [-0.2, 0) is 16.2 Å². The number of nitrogen functional groups attached to an aromatic ring is 1. The van der Waals surface area contributed by atoms with E-state index in [0.29, 0.717) is 16.8 Å². The summed E-state index contributed by atoms with van der Waals surface area (Å²) in [5, 5.41) is 9.39. The third kappa shape index (κ3) is 8.97. The van der Waals surface area contributed by atoms with E-state index in [0.717, 1.165) is 5.56 Å². The lowest BCUT2D eigenvalue weighted by Crippen LogP contribution is -2.16. The van der Waals surface area contributed by atoms with E-state index >= 15 is 0 Å². The van der Waals surface area contributed by atoms with Gasteiger partial charge >= 0.3 is 0 Å². The summed E-state index contributed by atoms with van der Waals surface area (Å²) in [4.78, 5) is 0. The zero-order valence-electron chi connectivity index (χ0n) is 22.4. The first-order valence-electron chi connectivity index (χ1n) is 11.6. The Morgan fingerprint density at radius 1 is 0.543 bits per heavy atom. The SMILES string of the molecule is CC(C)(C)c1c(N)cccc1F.CC(C)(C)c1c(O)cccc1F.CC(C)(C)c1ccccc1F. The number of benzene rings is 3. The van der Waals surface area contributed by atoms with E-state index in [-0.39, 0.29) is 39.4 Å².